The summed E-state index contributed by atoms with van der Waals surface area (Å²) in [6.45, 7) is 4.26. The largest absolute Gasteiger partial charge is 0.376 e. The molecule has 0 amide bonds. The second kappa shape index (κ2) is 5.33. The number of halogens is 2. The molecular weight excluding hydrogens is 271 g/mol. The van der Waals surface area contributed by atoms with Gasteiger partial charge in [0.15, 0.2) is 0 Å². The maximum absolute atomic E-state index is 13.5. The SMILES string of the molecule is CC1CCC(Nc2cc(F)c(Cl)cc2[N+](=O)[O-])C1C. The van der Waals surface area contributed by atoms with E-state index in [9.17, 15) is 14.5 Å². The van der Waals surface area contributed by atoms with E-state index in [1.165, 1.54) is 0 Å². The zero-order chi connectivity index (χ0) is 14.2. The second-order valence-electron chi connectivity index (χ2n) is 5.21. The fourth-order valence-electron chi connectivity index (χ4n) is 2.57. The molecule has 0 aliphatic heterocycles. The second-order valence-corrected chi connectivity index (χ2v) is 5.61. The lowest BCUT2D eigenvalue weighted by atomic mass is 9.97. The number of nitro benzene ring substituents is 1. The quantitative estimate of drug-likeness (QED) is 0.668. The van der Waals surface area contributed by atoms with E-state index in [1.54, 1.807) is 0 Å². The summed E-state index contributed by atoms with van der Waals surface area (Å²) in [5, 5.41) is 13.9. The van der Waals surface area contributed by atoms with E-state index in [0.717, 1.165) is 25.0 Å². The van der Waals surface area contributed by atoms with Gasteiger partial charge in [0, 0.05) is 18.2 Å². The monoisotopic (exact) mass is 286 g/mol. The van der Waals surface area contributed by atoms with Gasteiger partial charge in [-0.1, -0.05) is 25.4 Å². The molecule has 0 radical (unpaired) electrons. The summed E-state index contributed by atoms with van der Waals surface area (Å²) in [4.78, 5) is 10.4. The molecule has 19 heavy (non-hydrogen) atoms. The number of hydrogen-bond acceptors (Lipinski definition) is 3. The third kappa shape index (κ3) is 2.81. The number of nitrogens with one attached hydrogen (secondary N) is 1. The Bertz CT molecular complexity index is 510. The summed E-state index contributed by atoms with van der Waals surface area (Å²) in [5.74, 6) is 0.320. The Balaban J connectivity index is 2.29. The third-order valence-electron chi connectivity index (χ3n) is 4.04. The highest BCUT2D eigenvalue weighted by Crippen LogP contribution is 2.36. The van der Waals surface area contributed by atoms with Crippen molar-refractivity contribution in [2.75, 3.05) is 5.32 Å². The normalized spacial score (nSPS) is 26.4. The predicted octanol–water partition coefficient (Wildman–Crippen LogP) is 4.23. The van der Waals surface area contributed by atoms with Gasteiger partial charge >= 0.3 is 0 Å². The van der Waals surface area contributed by atoms with Crippen LogP contribution in [0.2, 0.25) is 5.02 Å². The fraction of sp³-hybridized carbons (Fsp3) is 0.538. The first-order valence-electron chi connectivity index (χ1n) is 6.30. The standard InChI is InChI=1S/C13H16ClFN2O2/c1-7-3-4-11(8(7)2)16-12-6-10(15)9(14)5-13(12)17(18)19/h5-8,11,16H,3-4H2,1-2H3. The molecule has 1 aliphatic rings. The lowest BCUT2D eigenvalue weighted by molar-refractivity contribution is -0.384. The van der Waals surface area contributed by atoms with E-state index >= 15 is 0 Å². The Kier molecular flexibility index (Phi) is 3.94. The van der Waals surface area contributed by atoms with Gasteiger partial charge in [0.25, 0.3) is 5.69 Å². The zero-order valence-electron chi connectivity index (χ0n) is 10.8. The van der Waals surface area contributed by atoms with Crippen molar-refractivity contribution in [3.05, 3.63) is 33.1 Å². The lowest BCUT2D eigenvalue weighted by Crippen LogP contribution is -2.24. The molecule has 0 spiro atoms. The molecule has 1 aromatic rings. The molecule has 1 N–H and O–H groups in total. The molecule has 1 aromatic carbocycles. The maximum Gasteiger partial charge on any atom is 0.294 e. The van der Waals surface area contributed by atoms with Crippen LogP contribution in [0, 0.1) is 27.8 Å². The molecule has 1 aliphatic carbocycles. The van der Waals surface area contributed by atoms with E-state index in [1.807, 2.05) is 0 Å². The van der Waals surface area contributed by atoms with Crippen LogP contribution in [0.15, 0.2) is 12.1 Å². The Morgan fingerprint density at radius 3 is 2.63 bits per heavy atom. The van der Waals surface area contributed by atoms with Crippen molar-refractivity contribution < 1.29 is 9.31 Å². The molecule has 0 bridgehead atoms. The molecule has 3 unspecified atom stereocenters. The Labute approximate surface area is 116 Å². The number of anilines is 1. The van der Waals surface area contributed by atoms with Gasteiger partial charge in [-0.2, -0.15) is 0 Å². The molecule has 2 rings (SSSR count). The number of nitro groups is 1. The minimum Gasteiger partial charge on any atom is -0.376 e. The van der Waals surface area contributed by atoms with Crippen molar-refractivity contribution in [2.24, 2.45) is 11.8 Å². The Morgan fingerprint density at radius 1 is 1.42 bits per heavy atom. The average molecular weight is 287 g/mol. The molecule has 0 aromatic heterocycles. The van der Waals surface area contributed by atoms with E-state index in [-0.39, 0.29) is 22.4 Å². The van der Waals surface area contributed by atoms with E-state index in [0.29, 0.717) is 11.8 Å². The Morgan fingerprint density at radius 2 is 2.11 bits per heavy atom. The minimum atomic E-state index is -0.645. The van der Waals surface area contributed by atoms with Gasteiger partial charge in [0.1, 0.15) is 11.5 Å². The van der Waals surface area contributed by atoms with Crippen LogP contribution in [0.5, 0.6) is 0 Å². The van der Waals surface area contributed by atoms with Crippen LogP contribution in [0.1, 0.15) is 26.7 Å². The molecule has 0 heterocycles. The molecule has 6 heteroatoms. The van der Waals surface area contributed by atoms with Gasteiger partial charge in [0.05, 0.1) is 9.95 Å². The van der Waals surface area contributed by atoms with Crippen molar-refractivity contribution in [1.29, 1.82) is 0 Å². The van der Waals surface area contributed by atoms with Crippen molar-refractivity contribution in [2.45, 2.75) is 32.7 Å². The van der Waals surface area contributed by atoms with Crippen LogP contribution in [0.25, 0.3) is 0 Å². The van der Waals surface area contributed by atoms with Gasteiger partial charge in [-0.25, -0.2) is 4.39 Å². The summed E-state index contributed by atoms with van der Waals surface area (Å²) in [5.41, 5.74) is 0.0241. The van der Waals surface area contributed by atoms with Crippen LogP contribution < -0.4 is 5.32 Å². The van der Waals surface area contributed by atoms with Crippen LogP contribution >= 0.6 is 11.6 Å². The fourth-order valence-corrected chi connectivity index (χ4v) is 2.73. The summed E-state index contributed by atoms with van der Waals surface area (Å²) in [7, 11) is 0. The van der Waals surface area contributed by atoms with Gasteiger partial charge < -0.3 is 5.32 Å². The minimum absolute atomic E-state index is 0.134. The van der Waals surface area contributed by atoms with Crippen molar-refractivity contribution in [3.8, 4) is 0 Å². The highest BCUT2D eigenvalue weighted by Gasteiger charge is 2.31. The first kappa shape index (κ1) is 14.1. The topological polar surface area (TPSA) is 55.2 Å². The lowest BCUT2D eigenvalue weighted by Gasteiger charge is -2.20. The van der Waals surface area contributed by atoms with Gasteiger partial charge in [-0.3, -0.25) is 10.1 Å². The number of benzene rings is 1. The van der Waals surface area contributed by atoms with Crippen LogP contribution in [0.4, 0.5) is 15.8 Å². The molecule has 1 saturated carbocycles. The molecule has 3 atom stereocenters. The van der Waals surface area contributed by atoms with E-state index in [2.05, 4.69) is 19.2 Å². The van der Waals surface area contributed by atoms with Crippen LogP contribution in [0.3, 0.4) is 0 Å². The highest BCUT2D eigenvalue weighted by molar-refractivity contribution is 6.31. The van der Waals surface area contributed by atoms with Gasteiger partial charge in [0.2, 0.25) is 0 Å². The van der Waals surface area contributed by atoms with E-state index in [4.69, 9.17) is 11.6 Å². The van der Waals surface area contributed by atoms with Gasteiger partial charge in [-0.15, -0.1) is 0 Å². The van der Waals surface area contributed by atoms with Crippen molar-refractivity contribution >= 4 is 23.0 Å². The third-order valence-corrected chi connectivity index (χ3v) is 4.33. The van der Waals surface area contributed by atoms with Gasteiger partial charge in [-0.05, 0) is 24.7 Å². The van der Waals surface area contributed by atoms with Crippen molar-refractivity contribution in [1.82, 2.24) is 0 Å². The van der Waals surface area contributed by atoms with E-state index < -0.39 is 10.7 Å². The summed E-state index contributed by atoms with van der Waals surface area (Å²) >= 11 is 5.59. The number of nitrogens with zero attached hydrogens (tertiary/aromatic N) is 1. The zero-order valence-corrected chi connectivity index (χ0v) is 11.6. The molecule has 4 nitrogen and oxygen atoms in total. The molecule has 1 fully saturated rings. The first-order valence-corrected chi connectivity index (χ1v) is 6.68. The molecule has 104 valence electrons. The highest BCUT2D eigenvalue weighted by atomic mass is 35.5. The average Bonchev–Trinajstić information content (AvgIpc) is 2.65. The maximum atomic E-state index is 13.5. The predicted molar refractivity (Wildman–Crippen MR) is 73.0 cm³/mol. The Hall–Kier alpha value is -1.36. The summed E-state index contributed by atoms with van der Waals surface area (Å²) in [6, 6.07) is 2.30. The molecular formula is C13H16ClFN2O2. The molecule has 0 saturated heterocycles. The first-order chi connectivity index (χ1) is 8.90. The number of hydrogen-bond donors (Lipinski definition) is 1. The van der Waals surface area contributed by atoms with Crippen LogP contribution in [-0.4, -0.2) is 11.0 Å². The smallest absolute Gasteiger partial charge is 0.294 e. The summed E-state index contributed by atoms with van der Waals surface area (Å²) < 4.78 is 13.5. The van der Waals surface area contributed by atoms with Crippen molar-refractivity contribution in [3.63, 3.8) is 0 Å². The summed E-state index contributed by atoms with van der Waals surface area (Å²) in [6.07, 6.45) is 2.01. The van der Waals surface area contributed by atoms with Crippen LogP contribution in [-0.2, 0) is 0 Å². The number of rotatable bonds is 3.